The molecule has 3 N–H and O–H groups in total. The molecular formula is C18H15BrN2O5S. The number of methoxy groups -OCH3 is 1. The van der Waals surface area contributed by atoms with Gasteiger partial charge < -0.3 is 20.3 Å². The molecule has 7 nitrogen and oxygen atoms in total. The molecule has 0 aliphatic carbocycles. The number of imide groups is 1. The Morgan fingerprint density at radius 2 is 1.93 bits per heavy atom. The summed E-state index contributed by atoms with van der Waals surface area (Å²) < 4.78 is 11.4. The van der Waals surface area contributed by atoms with Gasteiger partial charge in [-0.2, -0.15) is 0 Å². The molecule has 2 aromatic carbocycles. The van der Waals surface area contributed by atoms with Crippen molar-refractivity contribution >= 4 is 50.6 Å². The van der Waals surface area contributed by atoms with Crippen LogP contribution in [-0.2, 0) is 4.79 Å². The molecule has 1 heterocycles. The fraction of sp³-hybridized carbons (Fsp3) is 0.111. The van der Waals surface area contributed by atoms with Gasteiger partial charge in [0.25, 0.3) is 11.1 Å². The summed E-state index contributed by atoms with van der Waals surface area (Å²) in [6, 6.07) is 8.02. The van der Waals surface area contributed by atoms with Crippen LogP contribution in [-0.4, -0.2) is 35.3 Å². The van der Waals surface area contributed by atoms with Gasteiger partial charge in [-0.05, 0) is 47.7 Å². The second-order valence-electron chi connectivity index (χ2n) is 5.56. The van der Waals surface area contributed by atoms with Gasteiger partial charge in [-0.15, -0.1) is 0 Å². The molecule has 9 heteroatoms. The van der Waals surface area contributed by atoms with Crippen molar-refractivity contribution in [3.05, 3.63) is 45.3 Å². The number of likely N-dealkylation sites (N-methyl/N-ethyl adjacent to an activating group) is 1. The van der Waals surface area contributed by atoms with E-state index in [1.165, 1.54) is 20.2 Å². The van der Waals surface area contributed by atoms with E-state index in [0.29, 0.717) is 21.5 Å². The molecular weight excluding hydrogens is 436 g/mol. The summed E-state index contributed by atoms with van der Waals surface area (Å²) in [6.45, 7) is 0. The quantitative estimate of drug-likeness (QED) is 0.531. The van der Waals surface area contributed by atoms with Gasteiger partial charge in [0.2, 0.25) is 0 Å². The highest BCUT2D eigenvalue weighted by atomic mass is 79.9. The first-order valence-electron chi connectivity index (χ1n) is 7.66. The predicted octanol–water partition coefficient (Wildman–Crippen LogP) is 4.20. The van der Waals surface area contributed by atoms with Crippen LogP contribution in [0.4, 0.5) is 10.5 Å². The Morgan fingerprint density at radius 1 is 1.22 bits per heavy atom. The highest BCUT2D eigenvalue weighted by Gasteiger charge is 2.32. The van der Waals surface area contributed by atoms with Gasteiger partial charge in [-0.1, -0.05) is 22.0 Å². The number of benzene rings is 2. The van der Waals surface area contributed by atoms with Crippen LogP contribution in [0.15, 0.2) is 39.7 Å². The molecule has 0 unspecified atom stereocenters. The van der Waals surface area contributed by atoms with Crippen LogP contribution in [0.1, 0.15) is 5.56 Å². The van der Waals surface area contributed by atoms with Crippen molar-refractivity contribution in [2.75, 3.05) is 19.9 Å². The zero-order chi connectivity index (χ0) is 19.7. The fourth-order valence-electron chi connectivity index (χ4n) is 2.35. The van der Waals surface area contributed by atoms with Crippen LogP contribution < -0.4 is 15.2 Å². The summed E-state index contributed by atoms with van der Waals surface area (Å²) in [5.41, 5.74) is 6.84. The smallest absolute Gasteiger partial charge is 0.293 e. The van der Waals surface area contributed by atoms with Gasteiger partial charge in [-0.3, -0.25) is 14.5 Å². The number of halogens is 1. The number of amides is 2. The van der Waals surface area contributed by atoms with E-state index >= 15 is 0 Å². The van der Waals surface area contributed by atoms with Crippen molar-refractivity contribution in [1.29, 1.82) is 0 Å². The number of carbonyl (C=O) groups is 2. The third-order valence-corrected chi connectivity index (χ3v) is 5.46. The second-order valence-corrected chi connectivity index (χ2v) is 7.40. The van der Waals surface area contributed by atoms with E-state index in [9.17, 15) is 14.7 Å². The lowest BCUT2D eigenvalue weighted by Crippen LogP contribution is -2.22. The van der Waals surface area contributed by atoms with E-state index in [1.54, 1.807) is 30.3 Å². The maximum Gasteiger partial charge on any atom is 0.293 e. The Bertz CT molecular complexity index is 976. The largest absolute Gasteiger partial charge is 0.504 e. The predicted molar refractivity (Wildman–Crippen MR) is 107 cm³/mol. The SMILES string of the molecule is COc1cccc(Oc2cc(/C=C3\SC(=O)N(C)C3=O)c(Br)cc2O)c1N. The standard InChI is InChI=1S/C18H15BrN2O5S/c1-21-17(23)15(27-18(21)24)7-9-6-14(11(22)8-10(9)19)26-13-5-3-4-12(25-2)16(13)20/h3-8,22H,20H2,1-2H3/b15-7-. The molecule has 0 saturated carbocycles. The zero-order valence-corrected chi connectivity index (χ0v) is 16.8. The molecule has 1 aliphatic rings. The molecule has 0 aromatic heterocycles. The number of nitrogen functional groups attached to an aromatic ring is 1. The maximum absolute atomic E-state index is 12.1. The number of nitrogens with two attached hydrogens (primary N) is 1. The van der Waals surface area contributed by atoms with Crippen LogP contribution in [0.25, 0.3) is 6.08 Å². The summed E-state index contributed by atoms with van der Waals surface area (Å²) in [7, 11) is 2.91. The average molecular weight is 451 g/mol. The highest BCUT2D eigenvalue weighted by molar-refractivity contribution is 9.10. The maximum atomic E-state index is 12.1. The Hall–Kier alpha value is -2.65. The fourth-order valence-corrected chi connectivity index (χ4v) is 3.61. The third-order valence-electron chi connectivity index (χ3n) is 3.82. The Labute approximate surface area is 167 Å². The molecule has 1 fully saturated rings. The normalized spacial score (nSPS) is 15.5. The number of hydrogen-bond donors (Lipinski definition) is 2. The highest BCUT2D eigenvalue weighted by Crippen LogP contribution is 2.41. The van der Waals surface area contributed by atoms with Gasteiger partial charge in [-0.25, -0.2) is 0 Å². The Balaban J connectivity index is 1.98. The van der Waals surface area contributed by atoms with Crippen molar-refractivity contribution in [2.45, 2.75) is 0 Å². The molecule has 2 amide bonds. The molecule has 27 heavy (non-hydrogen) atoms. The number of thioether (sulfide) groups is 1. The number of ether oxygens (including phenoxy) is 2. The van der Waals surface area contributed by atoms with Gasteiger partial charge in [0.15, 0.2) is 17.2 Å². The molecule has 0 atom stereocenters. The third kappa shape index (κ3) is 3.74. The first kappa shape index (κ1) is 19.1. The van der Waals surface area contributed by atoms with E-state index in [-0.39, 0.29) is 33.2 Å². The number of aromatic hydroxyl groups is 1. The zero-order valence-electron chi connectivity index (χ0n) is 14.4. The summed E-state index contributed by atoms with van der Waals surface area (Å²) in [6.07, 6.45) is 1.56. The monoisotopic (exact) mass is 450 g/mol. The Kier molecular flexibility index (Phi) is 5.33. The number of phenols is 1. The molecule has 0 spiro atoms. The van der Waals surface area contributed by atoms with Crippen LogP contribution in [0.2, 0.25) is 0 Å². The number of carbonyl (C=O) groups excluding carboxylic acids is 2. The van der Waals surface area contributed by atoms with E-state index in [2.05, 4.69) is 15.9 Å². The number of para-hydroxylation sites is 1. The van der Waals surface area contributed by atoms with Gasteiger partial charge in [0, 0.05) is 11.5 Å². The molecule has 1 saturated heterocycles. The molecule has 2 aromatic rings. The molecule has 0 bridgehead atoms. The number of phenolic OH excluding ortho intramolecular Hbond substituents is 1. The minimum atomic E-state index is -0.385. The second kappa shape index (κ2) is 7.53. The van der Waals surface area contributed by atoms with Crippen molar-refractivity contribution in [1.82, 2.24) is 4.90 Å². The number of rotatable bonds is 4. The molecule has 1 aliphatic heterocycles. The van der Waals surface area contributed by atoms with E-state index < -0.39 is 0 Å². The van der Waals surface area contributed by atoms with Crippen molar-refractivity contribution in [3.8, 4) is 23.0 Å². The topological polar surface area (TPSA) is 102 Å². The molecule has 140 valence electrons. The summed E-state index contributed by atoms with van der Waals surface area (Å²) >= 11 is 4.18. The lowest BCUT2D eigenvalue weighted by Gasteiger charge is -2.13. The lowest BCUT2D eigenvalue weighted by atomic mass is 10.1. The van der Waals surface area contributed by atoms with Crippen LogP contribution in [0, 0.1) is 0 Å². The van der Waals surface area contributed by atoms with Crippen LogP contribution >= 0.6 is 27.7 Å². The van der Waals surface area contributed by atoms with Gasteiger partial charge in [0.1, 0.15) is 11.4 Å². The van der Waals surface area contributed by atoms with Gasteiger partial charge >= 0.3 is 0 Å². The van der Waals surface area contributed by atoms with E-state index in [1.807, 2.05) is 0 Å². The van der Waals surface area contributed by atoms with Gasteiger partial charge in [0.05, 0.1) is 12.0 Å². The van der Waals surface area contributed by atoms with Crippen molar-refractivity contribution in [3.63, 3.8) is 0 Å². The minimum Gasteiger partial charge on any atom is -0.504 e. The van der Waals surface area contributed by atoms with Crippen LogP contribution in [0.3, 0.4) is 0 Å². The summed E-state index contributed by atoms with van der Waals surface area (Å²) in [5.74, 6) is 0.391. The van der Waals surface area contributed by atoms with E-state index in [0.717, 1.165) is 16.7 Å². The van der Waals surface area contributed by atoms with E-state index in [4.69, 9.17) is 15.2 Å². The summed E-state index contributed by atoms with van der Waals surface area (Å²) in [4.78, 5) is 25.1. The summed E-state index contributed by atoms with van der Waals surface area (Å²) in [5, 5.41) is 9.86. The number of anilines is 1. The molecule has 0 radical (unpaired) electrons. The average Bonchev–Trinajstić information content (AvgIpc) is 2.87. The first-order chi connectivity index (χ1) is 12.8. The number of nitrogens with zero attached hydrogens (tertiary/aromatic N) is 1. The van der Waals surface area contributed by atoms with Crippen LogP contribution in [0.5, 0.6) is 23.0 Å². The first-order valence-corrected chi connectivity index (χ1v) is 9.27. The Morgan fingerprint density at radius 3 is 2.56 bits per heavy atom. The van der Waals surface area contributed by atoms with Crippen molar-refractivity contribution < 1.29 is 24.2 Å². The molecule has 3 rings (SSSR count). The number of hydrogen-bond acceptors (Lipinski definition) is 7. The lowest BCUT2D eigenvalue weighted by molar-refractivity contribution is -0.121. The minimum absolute atomic E-state index is 0.121. The van der Waals surface area contributed by atoms with Crippen molar-refractivity contribution in [2.24, 2.45) is 0 Å².